The topological polar surface area (TPSA) is 118 Å². The first-order valence-electron chi connectivity index (χ1n) is 15.6. The summed E-state index contributed by atoms with van der Waals surface area (Å²) in [5, 5.41) is 10.5. The largest absolute Gasteiger partial charge is 0.469 e. The fourth-order valence-electron chi connectivity index (χ4n) is 7.58. The van der Waals surface area contributed by atoms with Crippen molar-refractivity contribution in [1.82, 2.24) is 14.9 Å². The van der Waals surface area contributed by atoms with Crippen LogP contribution in [0.1, 0.15) is 44.1 Å². The van der Waals surface area contributed by atoms with Crippen LogP contribution in [0.15, 0.2) is 18.2 Å². The Morgan fingerprint density at radius 1 is 1.23 bits per heavy atom. The summed E-state index contributed by atoms with van der Waals surface area (Å²) in [6.07, 6.45) is 2.88. The zero-order valence-electron chi connectivity index (χ0n) is 25.6. The van der Waals surface area contributed by atoms with Gasteiger partial charge in [0.25, 0.3) is 0 Å². The van der Waals surface area contributed by atoms with Crippen molar-refractivity contribution in [2.45, 2.75) is 50.2 Å². The van der Waals surface area contributed by atoms with Gasteiger partial charge in [0.15, 0.2) is 5.82 Å². The van der Waals surface area contributed by atoms with Crippen LogP contribution < -0.4 is 15.4 Å². The number of hydrogen-bond acceptors (Lipinski definition) is 10. The Balaban J connectivity index is 1.37. The first kappa shape index (κ1) is 31.7. The highest BCUT2D eigenvalue weighted by Gasteiger charge is 2.49. The molecule has 7 rings (SSSR count). The minimum Gasteiger partial charge on any atom is -0.469 e. The van der Waals surface area contributed by atoms with Crippen molar-refractivity contribution in [2.75, 3.05) is 50.5 Å². The second-order valence-corrected chi connectivity index (χ2v) is 14.0. The molecule has 2 N–H and O–H groups in total. The summed E-state index contributed by atoms with van der Waals surface area (Å²) in [4.78, 5) is 25.7. The fraction of sp³-hybridized carbons (Fsp3) is 0.455. The molecule has 0 saturated carbocycles. The van der Waals surface area contributed by atoms with Crippen molar-refractivity contribution >= 4 is 60.7 Å². The predicted molar refractivity (Wildman–Crippen MR) is 175 cm³/mol. The first-order chi connectivity index (χ1) is 22.6. The number of carbonyl (C=O) groups is 1. The maximum atomic E-state index is 16.9. The highest BCUT2D eigenvalue weighted by atomic mass is 35.5. The van der Waals surface area contributed by atoms with Crippen molar-refractivity contribution in [1.29, 1.82) is 5.26 Å². The number of halogens is 4. The lowest BCUT2D eigenvalue weighted by Crippen LogP contribution is -2.43. The minimum absolute atomic E-state index is 0.0118. The van der Waals surface area contributed by atoms with Crippen LogP contribution in [0.5, 0.6) is 6.01 Å². The van der Waals surface area contributed by atoms with Gasteiger partial charge >= 0.3 is 12.0 Å². The average Bonchev–Trinajstić information content (AvgIpc) is 3.62. The SMILES string of the molecule is COC(=O)C1CCCN(c2nc(OC[C@@]34CCCN3C[C@H](F)C4)nc3c(F)c(-c4ccc(F)c5sc(N)c(C#N)c45)c(Cl)cc23)CC1. The molecule has 0 spiro atoms. The van der Waals surface area contributed by atoms with Crippen LogP contribution in [0.25, 0.3) is 32.1 Å². The number of methoxy groups -OCH3 is 1. The van der Waals surface area contributed by atoms with E-state index in [0.29, 0.717) is 56.5 Å². The summed E-state index contributed by atoms with van der Waals surface area (Å²) >= 11 is 7.73. The Morgan fingerprint density at radius 2 is 2.06 bits per heavy atom. The van der Waals surface area contributed by atoms with Gasteiger partial charge in [0.05, 0.1) is 33.9 Å². The Hall–Kier alpha value is -3.86. The highest BCUT2D eigenvalue weighted by molar-refractivity contribution is 7.23. The number of nitriles is 1. The van der Waals surface area contributed by atoms with E-state index in [-0.39, 0.29) is 66.8 Å². The number of nitrogens with two attached hydrogens (primary N) is 1. The van der Waals surface area contributed by atoms with E-state index in [1.54, 1.807) is 6.07 Å². The third kappa shape index (κ3) is 5.40. The van der Waals surface area contributed by atoms with Gasteiger partial charge in [-0.3, -0.25) is 9.69 Å². The van der Waals surface area contributed by atoms with Crippen molar-refractivity contribution in [2.24, 2.45) is 5.92 Å². The van der Waals surface area contributed by atoms with E-state index in [1.807, 2.05) is 11.0 Å². The van der Waals surface area contributed by atoms with Gasteiger partial charge < -0.3 is 20.1 Å². The van der Waals surface area contributed by atoms with Gasteiger partial charge in [-0.25, -0.2) is 13.2 Å². The summed E-state index contributed by atoms with van der Waals surface area (Å²) in [6, 6.07) is 6.08. The van der Waals surface area contributed by atoms with Gasteiger partial charge in [-0.1, -0.05) is 17.7 Å². The molecule has 0 aliphatic carbocycles. The van der Waals surface area contributed by atoms with Crippen LogP contribution in [0.4, 0.5) is 24.0 Å². The number of rotatable bonds is 6. The van der Waals surface area contributed by atoms with Crippen molar-refractivity contribution in [3.8, 4) is 23.2 Å². The van der Waals surface area contributed by atoms with Gasteiger partial charge in [-0.2, -0.15) is 15.2 Å². The van der Waals surface area contributed by atoms with Crippen molar-refractivity contribution in [3.63, 3.8) is 0 Å². The third-order valence-corrected chi connectivity index (χ3v) is 11.2. The number of hydrogen-bond donors (Lipinski definition) is 1. The Bertz CT molecular complexity index is 1950. The Kier molecular flexibility index (Phi) is 8.30. The molecule has 14 heteroatoms. The number of alkyl halides is 1. The summed E-state index contributed by atoms with van der Waals surface area (Å²) < 4.78 is 57.6. The van der Waals surface area contributed by atoms with Crippen molar-refractivity contribution < 1.29 is 27.4 Å². The smallest absolute Gasteiger partial charge is 0.319 e. The number of carbonyl (C=O) groups excluding carboxylic acids is 1. The summed E-state index contributed by atoms with van der Waals surface area (Å²) in [6.45, 7) is 2.24. The number of anilines is 2. The Morgan fingerprint density at radius 3 is 2.85 bits per heavy atom. The second-order valence-electron chi connectivity index (χ2n) is 12.5. The molecule has 3 atom stereocenters. The quantitative estimate of drug-likeness (QED) is 0.223. The molecule has 0 radical (unpaired) electrons. The molecule has 2 aromatic carbocycles. The Labute approximate surface area is 278 Å². The van der Waals surface area contributed by atoms with E-state index in [4.69, 9.17) is 31.8 Å². The molecule has 47 heavy (non-hydrogen) atoms. The highest BCUT2D eigenvalue weighted by Crippen LogP contribution is 2.46. The van der Waals surface area contributed by atoms with E-state index in [0.717, 1.165) is 30.7 Å². The lowest BCUT2D eigenvalue weighted by Gasteiger charge is -2.31. The molecule has 3 saturated heterocycles. The summed E-state index contributed by atoms with van der Waals surface area (Å²) in [5.41, 5.74) is 5.67. The van der Waals surface area contributed by atoms with Crippen molar-refractivity contribution in [3.05, 3.63) is 40.4 Å². The number of aromatic nitrogens is 2. The molecule has 0 amide bonds. The van der Waals surface area contributed by atoms with E-state index < -0.39 is 23.3 Å². The number of ether oxygens (including phenoxy) is 2. The zero-order chi connectivity index (χ0) is 33.0. The minimum atomic E-state index is -0.953. The molecule has 2 aromatic heterocycles. The number of nitrogens with zero attached hydrogens (tertiary/aromatic N) is 5. The average molecular weight is 685 g/mol. The number of thiophene rings is 1. The number of nitrogen functional groups attached to an aromatic ring is 1. The standard InChI is InChI=1S/C33H32ClF3N6O3S/c1-45-31(44)17-4-2-9-42(11-7-17)30-20-12-22(34)25(19-5-6-23(36)28-24(19)21(14-38)29(39)47-28)26(37)27(20)40-32(41-30)46-16-33-8-3-10-43(33)15-18(35)13-33/h5-6,12,17-18H,2-4,7-11,13,15-16,39H2,1H3/t17?,18-,33+/m1/s1. The molecule has 3 aliphatic heterocycles. The van der Waals surface area contributed by atoms with Gasteiger partial charge in [0, 0.05) is 42.4 Å². The molecule has 3 fully saturated rings. The lowest BCUT2D eigenvalue weighted by atomic mass is 9.95. The molecule has 3 aliphatic rings. The van der Waals surface area contributed by atoms with E-state index in [1.165, 1.54) is 19.2 Å². The van der Waals surface area contributed by atoms with E-state index in [9.17, 15) is 18.8 Å². The number of benzene rings is 2. The zero-order valence-corrected chi connectivity index (χ0v) is 27.2. The predicted octanol–water partition coefficient (Wildman–Crippen LogP) is 6.63. The third-order valence-electron chi connectivity index (χ3n) is 9.83. The molecule has 0 bridgehead atoms. The number of fused-ring (bicyclic) bond motifs is 3. The molecule has 246 valence electrons. The monoisotopic (exact) mass is 684 g/mol. The maximum absolute atomic E-state index is 16.9. The van der Waals surface area contributed by atoms with Gasteiger partial charge in [0.1, 0.15) is 41.0 Å². The van der Waals surface area contributed by atoms with Crippen LogP contribution >= 0.6 is 22.9 Å². The molecule has 4 aromatic rings. The molecular weight excluding hydrogens is 653 g/mol. The van der Waals surface area contributed by atoms with Gasteiger partial charge in [0.2, 0.25) is 0 Å². The summed E-state index contributed by atoms with van der Waals surface area (Å²) in [7, 11) is 1.37. The normalized spacial score (nSPS) is 23.2. The second kappa shape index (κ2) is 12.3. The molecule has 1 unspecified atom stereocenters. The fourth-order valence-corrected chi connectivity index (χ4v) is 8.82. The van der Waals surface area contributed by atoms with Crippen LogP contribution in [-0.2, 0) is 9.53 Å². The first-order valence-corrected chi connectivity index (χ1v) is 16.8. The van der Waals surface area contributed by atoms with E-state index >= 15 is 4.39 Å². The van der Waals surface area contributed by atoms with E-state index in [2.05, 4.69) is 9.88 Å². The lowest BCUT2D eigenvalue weighted by molar-refractivity contribution is -0.145. The van der Waals surface area contributed by atoms with Gasteiger partial charge in [-0.15, -0.1) is 11.3 Å². The van der Waals surface area contributed by atoms with Crippen LogP contribution in [0, 0.1) is 28.9 Å². The van der Waals surface area contributed by atoms with Crippen LogP contribution in [0.2, 0.25) is 5.02 Å². The number of esters is 1. The van der Waals surface area contributed by atoms with Gasteiger partial charge in [-0.05, 0) is 56.3 Å². The summed E-state index contributed by atoms with van der Waals surface area (Å²) in [5.74, 6) is -1.55. The van der Waals surface area contributed by atoms with Crippen LogP contribution in [0.3, 0.4) is 0 Å². The molecule has 5 heterocycles. The molecular formula is C33H32ClF3N6O3S. The molecule has 9 nitrogen and oxygen atoms in total. The maximum Gasteiger partial charge on any atom is 0.319 e. The van der Waals surface area contributed by atoms with Crippen LogP contribution in [-0.4, -0.2) is 72.4 Å².